The van der Waals surface area contributed by atoms with Gasteiger partial charge in [-0.2, -0.15) is 0 Å². The second-order valence-corrected chi connectivity index (χ2v) is 6.81. The average molecular weight is 306 g/mol. The smallest absolute Gasteiger partial charge is 0.152 e. The molecule has 90 valence electrons. The zero-order chi connectivity index (χ0) is 12.0. The summed E-state index contributed by atoms with van der Waals surface area (Å²) < 4.78 is 23.9. The molecule has 1 rings (SSSR count). The van der Waals surface area contributed by atoms with E-state index in [0.717, 1.165) is 10.2 Å². The number of hydrogen-bond acceptors (Lipinski definition) is 3. The number of sulfone groups is 1. The zero-order valence-electron chi connectivity index (χ0n) is 9.24. The van der Waals surface area contributed by atoms with Crippen molar-refractivity contribution in [3.8, 4) is 0 Å². The van der Waals surface area contributed by atoms with E-state index in [9.17, 15) is 8.42 Å². The lowest BCUT2D eigenvalue weighted by Gasteiger charge is -2.07. The maximum atomic E-state index is 11.4. The lowest BCUT2D eigenvalue weighted by molar-refractivity contribution is 0.595. The molecule has 0 atom stereocenters. The van der Waals surface area contributed by atoms with Crippen molar-refractivity contribution in [2.24, 2.45) is 0 Å². The fraction of sp³-hybridized carbons (Fsp3) is 0.455. The summed E-state index contributed by atoms with van der Waals surface area (Å²) in [5, 5.41) is 3.09. The van der Waals surface area contributed by atoms with Crippen LogP contribution in [0.25, 0.3) is 0 Å². The highest BCUT2D eigenvalue weighted by molar-refractivity contribution is 9.10. The van der Waals surface area contributed by atoms with Crippen LogP contribution in [0.5, 0.6) is 0 Å². The summed E-state index contributed by atoms with van der Waals surface area (Å²) >= 11 is 3.36. The number of rotatable bonds is 6. The van der Waals surface area contributed by atoms with Crippen LogP contribution < -0.4 is 5.32 Å². The molecule has 0 amide bonds. The molecule has 0 unspecified atom stereocenters. The molecule has 0 spiro atoms. The monoisotopic (exact) mass is 305 g/mol. The fourth-order valence-electron chi connectivity index (χ4n) is 1.36. The molecule has 5 heteroatoms. The Morgan fingerprint density at radius 3 is 2.69 bits per heavy atom. The zero-order valence-corrected chi connectivity index (χ0v) is 11.6. The molecule has 0 fully saturated rings. The van der Waals surface area contributed by atoms with Gasteiger partial charge in [0.2, 0.25) is 0 Å². The van der Waals surface area contributed by atoms with Crippen molar-refractivity contribution >= 4 is 31.5 Å². The molecule has 0 bridgehead atoms. The molecule has 0 aliphatic carbocycles. The van der Waals surface area contributed by atoms with Crippen LogP contribution in [0.1, 0.15) is 13.3 Å². The SMILES string of the molecule is CCCS(=O)(=O)CCNc1cccc(Br)c1. The number of nitrogens with one attached hydrogen (secondary N) is 1. The van der Waals surface area contributed by atoms with Crippen molar-refractivity contribution < 1.29 is 8.42 Å². The van der Waals surface area contributed by atoms with Gasteiger partial charge >= 0.3 is 0 Å². The largest absolute Gasteiger partial charge is 0.384 e. The molecule has 0 aliphatic rings. The highest BCUT2D eigenvalue weighted by Crippen LogP contribution is 2.15. The van der Waals surface area contributed by atoms with Gasteiger partial charge in [-0.3, -0.25) is 0 Å². The first-order chi connectivity index (χ1) is 7.53. The van der Waals surface area contributed by atoms with Crippen molar-refractivity contribution in [2.45, 2.75) is 13.3 Å². The molecule has 0 aromatic heterocycles. The van der Waals surface area contributed by atoms with Gasteiger partial charge in [-0.25, -0.2) is 8.42 Å². The Balaban J connectivity index is 2.42. The normalized spacial score (nSPS) is 11.4. The summed E-state index contributed by atoms with van der Waals surface area (Å²) in [6.07, 6.45) is 0.680. The second kappa shape index (κ2) is 6.25. The first-order valence-corrected chi connectivity index (χ1v) is 7.85. The van der Waals surface area contributed by atoms with Gasteiger partial charge in [0.25, 0.3) is 0 Å². The predicted octanol–water partition coefficient (Wildman–Crippen LogP) is 2.69. The van der Waals surface area contributed by atoms with Crippen molar-refractivity contribution in [2.75, 3.05) is 23.4 Å². The molecule has 0 aliphatic heterocycles. The van der Waals surface area contributed by atoms with Gasteiger partial charge in [0.15, 0.2) is 9.84 Å². The molecule has 0 heterocycles. The Kier molecular flexibility index (Phi) is 5.28. The molecular formula is C11H16BrNO2S. The summed E-state index contributed by atoms with van der Waals surface area (Å²) in [5.41, 5.74) is 0.932. The van der Waals surface area contributed by atoms with Gasteiger partial charge in [0.05, 0.1) is 5.75 Å². The van der Waals surface area contributed by atoms with Gasteiger partial charge in [0.1, 0.15) is 0 Å². The van der Waals surface area contributed by atoms with Gasteiger partial charge in [-0.1, -0.05) is 28.9 Å². The van der Waals surface area contributed by atoms with Crippen LogP contribution in [-0.4, -0.2) is 26.5 Å². The second-order valence-electron chi connectivity index (χ2n) is 3.59. The van der Waals surface area contributed by atoms with Crippen molar-refractivity contribution in [1.29, 1.82) is 0 Å². The van der Waals surface area contributed by atoms with E-state index >= 15 is 0 Å². The molecule has 1 aromatic rings. The van der Waals surface area contributed by atoms with Crippen LogP contribution in [-0.2, 0) is 9.84 Å². The molecule has 16 heavy (non-hydrogen) atoms. The topological polar surface area (TPSA) is 46.2 Å². The maximum absolute atomic E-state index is 11.4. The van der Waals surface area contributed by atoms with E-state index < -0.39 is 9.84 Å². The fourth-order valence-corrected chi connectivity index (χ4v) is 3.00. The van der Waals surface area contributed by atoms with Crippen molar-refractivity contribution in [1.82, 2.24) is 0 Å². The van der Waals surface area contributed by atoms with Gasteiger partial charge in [-0.15, -0.1) is 0 Å². The lowest BCUT2D eigenvalue weighted by Crippen LogP contribution is -2.18. The lowest BCUT2D eigenvalue weighted by atomic mass is 10.3. The highest BCUT2D eigenvalue weighted by Gasteiger charge is 2.08. The number of anilines is 1. The molecule has 1 aromatic carbocycles. The number of benzene rings is 1. The summed E-state index contributed by atoms with van der Waals surface area (Å²) in [6, 6.07) is 7.68. The predicted molar refractivity (Wildman–Crippen MR) is 71.6 cm³/mol. The Labute approximate surface area is 105 Å². The third-order valence-electron chi connectivity index (χ3n) is 2.08. The van der Waals surface area contributed by atoms with Crippen LogP contribution in [0.15, 0.2) is 28.7 Å². The Bertz CT molecular complexity index is 431. The minimum absolute atomic E-state index is 0.188. The van der Waals surface area contributed by atoms with Crippen LogP contribution in [0, 0.1) is 0 Å². The van der Waals surface area contributed by atoms with Crippen molar-refractivity contribution in [3.63, 3.8) is 0 Å². The number of halogens is 1. The molecule has 0 saturated carbocycles. The van der Waals surface area contributed by atoms with Crippen molar-refractivity contribution in [3.05, 3.63) is 28.7 Å². The Morgan fingerprint density at radius 1 is 1.31 bits per heavy atom. The minimum atomic E-state index is -2.89. The van der Waals surface area contributed by atoms with E-state index in [-0.39, 0.29) is 11.5 Å². The third kappa shape index (κ3) is 4.99. The van der Waals surface area contributed by atoms with E-state index in [0.29, 0.717) is 13.0 Å². The quantitative estimate of drug-likeness (QED) is 0.879. The van der Waals surface area contributed by atoms with E-state index in [1.54, 1.807) is 0 Å². The molecule has 1 N–H and O–H groups in total. The van der Waals surface area contributed by atoms with Crippen LogP contribution in [0.3, 0.4) is 0 Å². The molecule has 0 saturated heterocycles. The standard InChI is InChI=1S/C11H16BrNO2S/c1-2-7-16(14,15)8-6-13-11-5-3-4-10(12)9-11/h3-5,9,13H,2,6-8H2,1H3. The Morgan fingerprint density at radius 2 is 2.06 bits per heavy atom. The van der Waals surface area contributed by atoms with Crippen LogP contribution in [0.2, 0.25) is 0 Å². The maximum Gasteiger partial charge on any atom is 0.152 e. The van der Waals surface area contributed by atoms with Crippen LogP contribution >= 0.6 is 15.9 Å². The summed E-state index contributed by atoms with van der Waals surface area (Å²) in [7, 11) is -2.89. The van der Waals surface area contributed by atoms with E-state index in [1.165, 1.54) is 0 Å². The third-order valence-corrected chi connectivity index (χ3v) is 4.43. The first-order valence-electron chi connectivity index (χ1n) is 5.23. The first kappa shape index (κ1) is 13.5. The molecular weight excluding hydrogens is 290 g/mol. The van der Waals surface area contributed by atoms with Crippen LogP contribution in [0.4, 0.5) is 5.69 Å². The Hall–Kier alpha value is -0.550. The average Bonchev–Trinajstić information content (AvgIpc) is 2.17. The molecule has 0 radical (unpaired) electrons. The summed E-state index contributed by atoms with van der Waals surface area (Å²) in [5.74, 6) is 0.459. The summed E-state index contributed by atoms with van der Waals surface area (Å²) in [4.78, 5) is 0. The van der Waals surface area contributed by atoms with E-state index in [2.05, 4.69) is 21.2 Å². The minimum Gasteiger partial charge on any atom is -0.384 e. The van der Waals surface area contributed by atoms with Gasteiger partial charge in [0, 0.05) is 22.5 Å². The summed E-state index contributed by atoms with van der Waals surface area (Å²) in [6.45, 7) is 2.33. The molecule has 3 nitrogen and oxygen atoms in total. The number of hydrogen-bond donors (Lipinski definition) is 1. The van der Waals surface area contributed by atoms with E-state index in [1.807, 2.05) is 31.2 Å². The van der Waals surface area contributed by atoms with Gasteiger partial charge in [-0.05, 0) is 24.6 Å². The van der Waals surface area contributed by atoms with Gasteiger partial charge < -0.3 is 5.32 Å². The highest BCUT2D eigenvalue weighted by atomic mass is 79.9. The van der Waals surface area contributed by atoms with E-state index in [4.69, 9.17) is 0 Å².